The lowest BCUT2D eigenvalue weighted by atomic mass is 10.2. The van der Waals surface area contributed by atoms with Crippen LogP contribution in [0.2, 0.25) is 0 Å². The predicted molar refractivity (Wildman–Crippen MR) is 80.0 cm³/mol. The first-order valence-electron chi connectivity index (χ1n) is 6.88. The number of methoxy groups -OCH3 is 1. The third kappa shape index (κ3) is 3.81. The lowest BCUT2D eigenvalue weighted by molar-refractivity contribution is 0.163. The summed E-state index contributed by atoms with van der Waals surface area (Å²) in [5.74, 6) is 0.904. The van der Waals surface area contributed by atoms with Gasteiger partial charge in [-0.25, -0.2) is 4.98 Å². The van der Waals surface area contributed by atoms with Crippen LogP contribution in [0.1, 0.15) is 24.2 Å². The van der Waals surface area contributed by atoms with E-state index in [1.54, 1.807) is 7.11 Å². The summed E-state index contributed by atoms with van der Waals surface area (Å²) in [6.07, 6.45) is 6.65. The van der Waals surface area contributed by atoms with E-state index in [1.165, 1.54) is 5.56 Å². The molecule has 5 nitrogen and oxygen atoms in total. The number of pyridine rings is 1. The van der Waals surface area contributed by atoms with Crippen LogP contribution in [-0.2, 0) is 11.2 Å². The van der Waals surface area contributed by atoms with Gasteiger partial charge in [0, 0.05) is 32.2 Å². The number of anilines is 1. The van der Waals surface area contributed by atoms with E-state index < -0.39 is 0 Å². The summed E-state index contributed by atoms with van der Waals surface area (Å²) in [5, 5.41) is 3.40. The maximum absolute atomic E-state index is 5.21. The van der Waals surface area contributed by atoms with E-state index in [0.717, 1.165) is 24.6 Å². The van der Waals surface area contributed by atoms with Gasteiger partial charge in [0.25, 0.3) is 0 Å². The van der Waals surface area contributed by atoms with Gasteiger partial charge < -0.3 is 14.6 Å². The summed E-state index contributed by atoms with van der Waals surface area (Å²) in [6.45, 7) is 5.65. The first-order valence-corrected chi connectivity index (χ1v) is 6.88. The van der Waals surface area contributed by atoms with E-state index in [9.17, 15) is 0 Å². The molecular weight excluding hydrogens is 252 g/mol. The number of imidazole rings is 1. The molecule has 0 aliphatic heterocycles. The molecule has 2 aromatic heterocycles. The molecule has 5 heteroatoms. The van der Waals surface area contributed by atoms with Gasteiger partial charge in [-0.15, -0.1) is 0 Å². The minimum atomic E-state index is 0.268. The van der Waals surface area contributed by atoms with Crippen LogP contribution in [0.25, 0.3) is 0 Å². The molecule has 1 atom stereocenters. The first kappa shape index (κ1) is 14.5. The molecule has 0 aromatic carbocycles. The number of hydrogen-bond donors (Lipinski definition) is 1. The van der Waals surface area contributed by atoms with Crippen molar-refractivity contribution in [1.82, 2.24) is 14.5 Å². The Morgan fingerprint density at radius 3 is 2.80 bits per heavy atom. The van der Waals surface area contributed by atoms with Gasteiger partial charge in [-0.2, -0.15) is 0 Å². The number of aromatic nitrogens is 3. The fourth-order valence-corrected chi connectivity index (χ4v) is 2.17. The molecule has 0 aliphatic carbocycles. The third-order valence-corrected chi connectivity index (χ3v) is 3.18. The van der Waals surface area contributed by atoms with Crippen molar-refractivity contribution in [2.75, 3.05) is 25.6 Å². The van der Waals surface area contributed by atoms with Crippen molar-refractivity contribution in [2.24, 2.45) is 0 Å². The normalized spacial score (nSPS) is 12.3. The van der Waals surface area contributed by atoms with Crippen LogP contribution in [0.3, 0.4) is 0 Å². The van der Waals surface area contributed by atoms with Crippen LogP contribution < -0.4 is 5.32 Å². The third-order valence-electron chi connectivity index (χ3n) is 3.18. The Hall–Kier alpha value is -1.88. The Kier molecular flexibility index (Phi) is 5.12. The second-order valence-electron chi connectivity index (χ2n) is 4.95. The van der Waals surface area contributed by atoms with E-state index in [-0.39, 0.29) is 6.04 Å². The zero-order valence-electron chi connectivity index (χ0n) is 12.3. The van der Waals surface area contributed by atoms with Crippen molar-refractivity contribution in [2.45, 2.75) is 26.3 Å². The smallest absolute Gasteiger partial charge is 0.203 e. The molecule has 0 saturated carbocycles. The topological polar surface area (TPSA) is 52.0 Å². The van der Waals surface area contributed by atoms with E-state index in [1.807, 2.05) is 31.5 Å². The Morgan fingerprint density at radius 2 is 2.10 bits per heavy atom. The zero-order valence-corrected chi connectivity index (χ0v) is 12.3. The maximum atomic E-state index is 5.21. The van der Waals surface area contributed by atoms with Crippen molar-refractivity contribution in [3.8, 4) is 0 Å². The van der Waals surface area contributed by atoms with Gasteiger partial charge >= 0.3 is 0 Å². The highest BCUT2D eigenvalue weighted by atomic mass is 16.5. The number of ether oxygens (including phenoxy) is 1. The van der Waals surface area contributed by atoms with Crippen LogP contribution in [0.15, 0.2) is 30.7 Å². The van der Waals surface area contributed by atoms with E-state index in [0.29, 0.717) is 6.61 Å². The highest BCUT2D eigenvalue weighted by Gasteiger charge is 2.11. The lowest BCUT2D eigenvalue weighted by Gasteiger charge is -2.16. The molecule has 20 heavy (non-hydrogen) atoms. The number of nitrogens with zero attached hydrogens (tertiary/aromatic N) is 3. The maximum Gasteiger partial charge on any atom is 0.203 e. The highest BCUT2D eigenvalue weighted by molar-refractivity contribution is 5.30. The summed E-state index contributed by atoms with van der Waals surface area (Å²) in [6, 6.07) is 4.34. The Balaban J connectivity index is 1.95. The zero-order chi connectivity index (χ0) is 14.4. The Labute approximate surface area is 120 Å². The summed E-state index contributed by atoms with van der Waals surface area (Å²) in [5.41, 5.74) is 2.28. The predicted octanol–water partition coefficient (Wildman–Crippen LogP) is 2.45. The standard InChI is InChI=1S/C15H22N4O/c1-12-10-19(13(2)11-20-3)15(18-12)17-9-6-14-4-7-16-8-5-14/h4-5,7-8,10,13H,6,9,11H2,1-3H3,(H,17,18). The van der Waals surface area contributed by atoms with Gasteiger partial charge in [-0.3, -0.25) is 4.98 Å². The van der Waals surface area contributed by atoms with Crippen molar-refractivity contribution in [3.63, 3.8) is 0 Å². The molecule has 2 heterocycles. The molecule has 0 saturated heterocycles. The molecule has 108 valence electrons. The average molecular weight is 274 g/mol. The highest BCUT2D eigenvalue weighted by Crippen LogP contribution is 2.16. The van der Waals surface area contributed by atoms with Gasteiger partial charge in [0.2, 0.25) is 5.95 Å². The van der Waals surface area contributed by atoms with Gasteiger partial charge in [-0.1, -0.05) is 0 Å². The summed E-state index contributed by atoms with van der Waals surface area (Å²) in [4.78, 5) is 8.55. The van der Waals surface area contributed by atoms with Crippen molar-refractivity contribution in [3.05, 3.63) is 42.0 Å². The molecule has 1 unspecified atom stereocenters. The molecule has 1 N–H and O–H groups in total. The first-order chi connectivity index (χ1) is 9.70. The summed E-state index contributed by atoms with van der Waals surface area (Å²) in [7, 11) is 1.72. The summed E-state index contributed by atoms with van der Waals surface area (Å²) < 4.78 is 7.34. The minimum absolute atomic E-state index is 0.268. The molecule has 0 fully saturated rings. The van der Waals surface area contributed by atoms with Crippen molar-refractivity contribution in [1.29, 1.82) is 0 Å². The number of nitrogens with one attached hydrogen (secondary N) is 1. The Morgan fingerprint density at radius 1 is 1.35 bits per heavy atom. The SMILES string of the molecule is COCC(C)n1cc(C)nc1NCCc1ccncc1. The fraction of sp³-hybridized carbons (Fsp3) is 0.467. The van der Waals surface area contributed by atoms with Crippen molar-refractivity contribution >= 4 is 5.95 Å². The second-order valence-corrected chi connectivity index (χ2v) is 4.95. The van der Waals surface area contributed by atoms with Crippen LogP contribution in [0.5, 0.6) is 0 Å². The van der Waals surface area contributed by atoms with Gasteiger partial charge in [-0.05, 0) is 38.0 Å². The Bertz CT molecular complexity index is 524. The second kappa shape index (κ2) is 7.05. The van der Waals surface area contributed by atoms with E-state index in [4.69, 9.17) is 4.74 Å². The molecule has 2 aromatic rings. The number of aryl methyl sites for hydroxylation is 1. The molecule has 0 bridgehead atoms. The van der Waals surface area contributed by atoms with Gasteiger partial charge in [0.05, 0.1) is 18.3 Å². The molecular formula is C15H22N4O. The van der Waals surface area contributed by atoms with Crippen LogP contribution in [-0.4, -0.2) is 34.8 Å². The van der Waals surface area contributed by atoms with Crippen LogP contribution in [0.4, 0.5) is 5.95 Å². The average Bonchev–Trinajstić information content (AvgIpc) is 2.81. The molecule has 2 rings (SSSR count). The molecule has 0 amide bonds. The van der Waals surface area contributed by atoms with E-state index in [2.05, 4.69) is 33.0 Å². The lowest BCUT2D eigenvalue weighted by Crippen LogP contribution is -2.15. The quantitative estimate of drug-likeness (QED) is 0.842. The molecule has 0 spiro atoms. The minimum Gasteiger partial charge on any atom is -0.383 e. The van der Waals surface area contributed by atoms with Crippen LogP contribution in [0, 0.1) is 6.92 Å². The van der Waals surface area contributed by atoms with E-state index >= 15 is 0 Å². The fourth-order valence-electron chi connectivity index (χ4n) is 2.17. The monoisotopic (exact) mass is 274 g/mol. The molecule has 0 aliphatic rings. The van der Waals surface area contributed by atoms with Crippen LogP contribution >= 0.6 is 0 Å². The van der Waals surface area contributed by atoms with Gasteiger partial charge in [0.1, 0.15) is 0 Å². The number of hydrogen-bond acceptors (Lipinski definition) is 4. The largest absolute Gasteiger partial charge is 0.383 e. The summed E-state index contributed by atoms with van der Waals surface area (Å²) >= 11 is 0. The van der Waals surface area contributed by atoms with Crippen molar-refractivity contribution < 1.29 is 4.74 Å². The molecule has 0 radical (unpaired) electrons. The number of rotatable bonds is 7. The van der Waals surface area contributed by atoms with Gasteiger partial charge in [0.15, 0.2) is 0 Å².